The highest BCUT2D eigenvalue weighted by molar-refractivity contribution is 8.13. The number of nitrogens with one attached hydrogen (secondary N) is 1. The molecule has 2 unspecified atom stereocenters. The van der Waals surface area contributed by atoms with Crippen LogP contribution in [-0.2, 0) is 23.1 Å². The van der Waals surface area contributed by atoms with Gasteiger partial charge in [0, 0.05) is 24.4 Å². The maximum absolute atomic E-state index is 15.0. The number of carbonyl (C=O) groups excluding carboxylic acids is 1. The minimum absolute atomic E-state index is 0.0397. The minimum atomic E-state index is -3.82. The molecular formula is C17H27FN3O8PS. The Morgan fingerprint density at radius 1 is 1.45 bits per heavy atom. The number of halogens is 1. The normalized spacial score (nSPS) is 28.1. The summed E-state index contributed by atoms with van der Waals surface area (Å²) in [5.74, 6) is 0.261. The Bertz CT molecular complexity index is 965. The third-order valence-electron chi connectivity index (χ3n) is 4.71. The topological polar surface area (TPSA) is 140 Å². The lowest BCUT2D eigenvalue weighted by molar-refractivity contribution is -0.109. The molecule has 31 heavy (non-hydrogen) atoms. The molecule has 14 heteroatoms. The predicted octanol–water partition coefficient (Wildman–Crippen LogP) is 0.814. The highest BCUT2D eigenvalue weighted by atomic mass is 32.2. The van der Waals surface area contributed by atoms with E-state index in [9.17, 15) is 28.4 Å². The van der Waals surface area contributed by atoms with Gasteiger partial charge in [-0.3, -0.25) is 28.2 Å². The van der Waals surface area contributed by atoms with E-state index in [1.165, 1.54) is 39.5 Å². The Hall–Kier alpha value is -1.34. The van der Waals surface area contributed by atoms with Crippen molar-refractivity contribution in [2.24, 2.45) is 0 Å². The number of alkyl halides is 1. The minimum Gasteiger partial charge on any atom is -0.384 e. The number of nitrogens with zero attached hydrogens (tertiary/aromatic N) is 2. The molecule has 2 heterocycles. The summed E-state index contributed by atoms with van der Waals surface area (Å²) in [7, 11) is -0.908. The summed E-state index contributed by atoms with van der Waals surface area (Å²) in [4.78, 5) is 36.7. The molecule has 0 bridgehead atoms. The van der Waals surface area contributed by atoms with Gasteiger partial charge in [0.15, 0.2) is 17.5 Å². The molecule has 1 aliphatic rings. The van der Waals surface area contributed by atoms with Crippen molar-refractivity contribution in [2.45, 2.75) is 44.9 Å². The van der Waals surface area contributed by atoms with Crippen LogP contribution in [0, 0.1) is 6.92 Å². The van der Waals surface area contributed by atoms with E-state index in [4.69, 9.17) is 13.8 Å². The van der Waals surface area contributed by atoms with Crippen molar-refractivity contribution < 1.29 is 32.6 Å². The van der Waals surface area contributed by atoms with Gasteiger partial charge in [0.1, 0.15) is 11.7 Å². The molecule has 2 rings (SSSR count). The molecule has 176 valence electrons. The van der Waals surface area contributed by atoms with E-state index < -0.39 is 49.7 Å². The second-order valence-corrected chi connectivity index (χ2v) is 10.9. The predicted molar refractivity (Wildman–Crippen MR) is 112 cm³/mol. The molecule has 0 saturated carbocycles. The van der Waals surface area contributed by atoms with E-state index in [0.29, 0.717) is 0 Å². The zero-order valence-electron chi connectivity index (χ0n) is 17.9. The molecule has 5 atom stereocenters. The Morgan fingerprint density at radius 3 is 2.68 bits per heavy atom. The number of hydrogen-bond acceptors (Lipinski definition) is 9. The number of rotatable bonds is 9. The van der Waals surface area contributed by atoms with Gasteiger partial charge in [-0.2, -0.15) is 0 Å². The highest BCUT2D eigenvalue weighted by Crippen LogP contribution is 2.51. The molecular weight excluding hydrogens is 456 g/mol. The largest absolute Gasteiger partial charge is 0.407 e. The highest BCUT2D eigenvalue weighted by Gasteiger charge is 2.55. The quantitative estimate of drug-likeness (QED) is 0.383. The van der Waals surface area contributed by atoms with Crippen LogP contribution >= 0.6 is 19.5 Å². The first-order valence-corrected chi connectivity index (χ1v) is 11.8. The lowest BCUT2D eigenvalue weighted by Gasteiger charge is -2.28. The molecule has 1 aliphatic heterocycles. The molecule has 11 nitrogen and oxygen atoms in total. The number of aliphatic hydroxyl groups is 1. The maximum Gasteiger partial charge on any atom is 0.407 e. The molecule has 0 amide bonds. The summed E-state index contributed by atoms with van der Waals surface area (Å²) < 4.78 is 46.2. The van der Waals surface area contributed by atoms with Gasteiger partial charge in [-0.25, -0.2) is 18.4 Å². The zero-order valence-corrected chi connectivity index (χ0v) is 19.6. The van der Waals surface area contributed by atoms with E-state index in [-0.39, 0.29) is 23.0 Å². The first-order valence-electron chi connectivity index (χ1n) is 9.34. The molecule has 0 spiro atoms. The summed E-state index contributed by atoms with van der Waals surface area (Å²) in [5.41, 5.74) is -3.45. The molecule has 1 fully saturated rings. The lowest BCUT2D eigenvalue weighted by atomic mass is 9.96. The van der Waals surface area contributed by atoms with Crippen LogP contribution in [0.25, 0.3) is 0 Å². The van der Waals surface area contributed by atoms with Crippen molar-refractivity contribution in [1.29, 1.82) is 0 Å². The number of H-pyrrole nitrogens is 1. The molecule has 0 aliphatic carbocycles. The summed E-state index contributed by atoms with van der Waals surface area (Å²) in [6, 6.07) is 0. The van der Waals surface area contributed by atoms with Crippen molar-refractivity contribution in [3.63, 3.8) is 0 Å². The molecule has 1 aromatic heterocycles. The van der Waals surface area contributed by atoms with Gasteiger partial charge in [0.2, 0.25) is 0 Å². The standard InChI is InChI=1S/C17H27FN3O8PS/c1-10-8-21(16(24)19-14(10)23)15-13(18)17(3,25)12(29-15)9-28-30(26,20(4)5)27-6-7-31-11(2)22/h8,12-13,15,25H,6-7,9H2,1-5H3,(H,19,23,24)/t12-,13?,15-,17+,30?/m1/s1. The number of thioether (sulfide) groups is 1. The third-order valence-corrected chi connectivity index (χ3v) is 7.45. The van der Waals surface area contributed by atoms with E-state index in [2.05, 4.69) is 0 Å². The van der Waals surface area contributed by atoms with Crippen molar-refractivity contribution in [1.82, 2.24) is 14.2 Å². The van der Waals surface area contributed by atoms with E-state index >= 15 is 0 Å². The smallest absolute Gasteiger partial charge is 0.384 e. The van der Waals surface area contributed by atoms with Gasteiger partial charge in [0.05, 0.1) is 13.2 Å². The van der Waals surface area contributed by atoms with Crippen LogP contribution < -0.4 is 11.2 Å². The molecule has 1 aromatic rings. The SMILES string of the molecule is CC(=O)SCCOP(=O)(OC[C@H]1O[C@@H](n2cc(C)c(=O)[nH]c2=O)C(F)[C@@]1(C)O)N(C)C. The number of aromatic amines is 1. The van der Waals surface area contributed by atoms with E-state index in [1.54, 1.807) is 0 Å². The summed E-state index contributed by atoms with van der Waals surface area (Å²) in [6.07, 6.45) is -3.73. The molecule has 1 saturated heterocycles. The van der Waals surface area contributed by atoms with Gasteiger partial charge >= 0.3 is 13.4 Å². The van der Waals surface area contributed by atoms with Crippen molar-refractivity contribution in [3.8, 4) is 0 Å². The number of hydrogen-bond donors (Lipinski definition) is 2. The number of ether oxygens (including phenoxy) is 1. The van der Waals surface area contributed by atoms with Crippen LogP contribution in [-0.4, -0.2) is 75.4 Å². The average molecular weight is 483 g/mol. The molecule has 2 N–H and O–H groups in total. The fourth-order valence-electron chi connectivity index (χ4n) is 2.80. The summed E-state index contributed by atoms with van der Waals surface area (Å²) in [6.45, 7) is 3.45. The lowest BCUT2D eigenvalue weighted by Crippen LogP contribution is -2.45. The van der Waals surface area contributed by atoms with Gasteiger partial charge < -0.3 is 9.84 Å². The Labute approximate surface area is 182 Å². The van der Waals surface area contributed by atoms with Gasteiger partial charge in [-0.1, -0.05) is 11.8 Å². The monoisotopic (exact) mass is 483 g/mol. The van der Waals surface area contributed by atoms with E-state index in [0.717, 1.165) is 22.5 Å². The number of aryl methyl sites for hydroxylation is 1. The number of carbonyl (C=O) groups is 1. The second kappa shape index (κ2) is 10.1. The van der Waals surface area contributed by atoms with Gasteiger partial charge in [0.25, 0.3) is 5.56 Å². The van der Waals surface area contributed by atoms with Crippen LogP contribution in [0.5, 0.6) is 0 Å². The van der Waals surface area contributed by atoms with Crippen LogP contribution in [0.1, 0.15) is 25.6 Å². The van der Waals surface area contributed by atoms with Gasteiger partial charge in [-0.05, 0) is 27.9 Å². The van der Waals surface area contributed by atoms with E-state index in [1.807, 2.05) is 4.98 Å². The summed E-state index contributed by atoms with van der Waals surface area (Å²) in [5, 5.41) is 10.5. The molecule has 0 radical (unpaired) electrons. The van der Waals surface area contributed by atoms with Crippen LogP contribution in [0.2, 0.25) is 0 Å². The van der Waals surface area contributed by atoms with Crippen molar-refractivity contribution in [2.75, 3.05) is 33.1 Å². The van der Waals surface area contributed by atoms with Crippen LogP contribution in [0.4, 0.5) is 4.39 Å². The first kappa shape index (κ1) is 25.9. The fourth-order valence-corrected chi connectivity index (χ4v) is 4.56. The Kier molecular flexibility index (Phi) is 8.42. The average Bonchev–Trinajstić information content (AvgIpc) is 2.89. The Balaban J connectivity index is 2.14. The molecule has 0 aromatic carbocycles. The van der Waals surface area contributed by atoms with Crippen molar-refractivity contribution in [3.05, 3.63) is 32.6 Å². The fraction of sp³-hybridized carbons (Fsp3) is 0.706. The van der Waals surface area contributed by atoms with Gasteiger partial charge in [-0.15, -0.1) is 0 Å². The third kappa shape index (κ3) is 5.92. The second-order valence-electron chi connectivity index (χ2n) is 7.41. The zero-order chi connectivity index (χ0) is 23.6. The Morgan fingerprint density at radius 2 is 2.10 bits per heavy atom. The number of aromatic nitrogens is 2. The van der Waals surface area contributed by atoms with Crippen LogP contribution in [0.3, 0.4) is 0 Å². The first-order chi connectivity index (χ1) is 14.3. The van der Waals surface area contributed by atoms with Crippen molar-refractivity contribution >= 4 is 24.6 Å². The summed E-state index contributed by atoms with van der Waals surface area (Å²) >= 11 is 0.998. The van der Waals surface area contributed by atoms with Crippen LogP contribution in [0.15, 0.2) is 15.8 Å². The maximum atomic E-state index is 15.0.